The highest BCUT2D eigenvalue weighted by molar-refractivity contribution is 5.86. The predicted molar refractivity (Wildman–Crippen MR) is 98.8 cm³/mol. The van der Waals surface area contributed by atoms with E-state index in [4.69, 9.17) is 4.99 Å². The molecule has 0 fully saturated rings. The van der Waals surface area contributed by atoms with E-state index in [0.29, 0.717) is 13.1 Å². The quantitative estimate of drug-likeness (QED) is 0.561. The number of hydrogen-bond donors (Lipinski definition) is 2. The van der Waals surface area contributed by atoms with E-state index in [1.54, 1.807) is 6.20 Å². The van der Waals surface area contributed by atoms with E-state index in [1.807, 2.05) is 17.8 Å². The standard InChI is InChI=1S/C19H23N5/c1-3-20-19(22-14-17-11-12-23-24(17)2)21-13-16-9-6-8-15-7-4-5-10-18(15)16/h4-12H,3,13-14H2,1-2H3,(H2,20,21,22). The minimum absolute atomic E-state index is 0.641. The molecule has 5 nitrogen and oxygen atoms in total. The maximum atomic E-state index is 4.73. The topological polar surface area (TPSA) is 54.2 Å². The molecule has 0 unspecified atom stereocenters. The molecule has 1 heterocycles. The number of nitrogens with zero attached hydrogens (tertiary/aromatic N) is 3. The maximum absolute atomic E-state index is 4.73. The lowest BCUT2D eigenvalue weighted by atomic mass is 10.1. The van der Waals surface area contributed by atoms with Crippen molar-refractivity contribution in [3.8, 4) is 0 Å². The van der Waals surface area contributed by atoms with Crippen LogP contribution in [0, 0.1) is 0 Å². The molecule has 0 aliphatic carbocycles. The molecule has 0 bridgehead atoms. The Morgan fingerprint density at radius 1 is 1.08 bits per heavy atom. The van der Waals surface area contributed by atoms with Gasteiger partial charge in [0.25, 0.3) is 0 Å². The lowest BCUT2D eigenvalue weighted by Gasteiger charge is -2.12. The van der Waals surface area contributed by atoms with Gasteiger partial charge in [-0.25, -0.2) is 4.99 Å². The van der Waals surface area contributed by atoms with Gasteiger partial charge < -0.3 is 10.6 Å². The second-order valence-electron chi connectivity index (χ2n) is 5.63. The van der Waals surface area contributed by atoms with Crippen molar-refractivity contribution in [1.29, 1.82) is 0 Å². The molecular weight excluding hydrogens is 298 g/mol. The zero-order valence-corrected chi connectivity index (χ0v) is 14.2. The van der Waals surface area contributed by atoms with E-state index in [9.17, 15) is 0 Å². The second kappa shape index (κ2) is 7.64. The molecule has 0 saturated carbocycles. The summed E-state index contributed by atoms with van der Waals surface area (Å²) in [6.07, 6.45) is 1.80. The van der Waals surface area contributed by atoms with Crippen LogP contribution in [0.5, 0.6) is 0 Å². The van der Waals surface area contributed by atoms with Crippen molar-refractivity contribution >= 4 is 16.7 Å². The summed E-state index contributed by atoms with van der Waals surface area (Å²) in [5.74, 6) is 0.812. The van der Waals surface area contributed by atoms with Crippen LogP contribution >= 0.6 is 0 Å². The Labute approximate surface area is 142 Å². The number of aliphatic imine (C=N–C) groups is 1. The van der Waals surface area contributed by atoms with Crippen molar-refractivity contribution < 1.29 is 0 Å². The minimum atomic E-state index is 0.641. The summed E-state index contributed by atoms with van der Waals surface area (Å²) in [7, 11) is 1.94. The Hall–Kier alpha value is -2.82. The highest BCUT2D eigenvalue weighted by Crippen LogP contribution is 2.19. The molecule has 3 rings (SSSR count). The van der Waals surface area contributed by atoms with Crippen molar-refractivity contribution in [1.82, 2.24) is 20.4 Å². The number of nitrogens with one attached hydrogen (secondary N) is 2. The number of aromatic nitrogens is 2. The lowest BCUT2D eigenvalue weighted by Crippen LogP contribution is -2.37. The first-order valence-corrected chi connectivity index (χ1v) is 8.23. The molecule has 5 heteroatoms. The normalized spacial score (nSPS) is 11.7. The Morgan fingerprint density at radius 2 is 1.92 bits per heavy atom. The van der Waals surface area contributed by atoms with Gasteiger partial charge in [-0.2, -0.15) is 5.10 Å². The molecule has 2 N–H and O–H groups in total. The number of hydrogen-bond acceptors (Lipinski definition) is 2. The average molecular weight is 321 g/mol. The summed E-state index contributed by atoms with van der Waals surface area (Å²) < 4.78 is 1.86. The third-order valence-electron chi connectivity index (χ3n) is 3.99. The molecule has 0 atom stereocenters. The summed E-state index contributed by atoms with van der Waals surface area (Å²) in [5.41, 5.74) is 2.34. The van der Waals surface area contributed by atoms with Crippen LogP contribution in [0.2, 0.25) is 0 Å². The van der Waals surface area contributed by atoms with Gasteiger partial charge >= 0.3 is 0 Å². The van der Waals surface area contributed by atoms with Gasteiger partial charge in [0.2, 0.25) is 0 Å². The van der Waals surface area contributed by atoms with Gasteiger partial charge in [-0.1, -0.05) is 42.5 Å². The van der Waals surface area contributed by atoms with Crippen LogP contribution in [0.3, 0.4) is 0 Å². The fourth-order valence-electron chi connectivity index (χ4n) is 2.69. The zero-order chi connectivity index (χ0) is 16.8. The molecule has 0 radical (unpaired) electrons. The third kappa shape index (κ3) is 3.74. The Morgan fingerprint density at radius 3 is 2.71 bits per heavy atom. The lowest BCUT2D eigenvalue weighted by molar-refractivity contribution is 0.685. The van der Waals surface area contributed by atoms with E-state index in [0.717, 1.165) is 18.2 Å². The van der Waals surface area contributed by atoms with E-state index < -0.39 is 0 Å². The van der Waals surface area contributed by atoms with Gasteiger partial charge in [0.1, 0.15) is 0 Å². The number of rotatable bonds is 5. The highest BCUT2D eigenvalue weighted by Gasteiger charge is 2.03. The molecule has 0 aliphatic heterocycles. The molecule has 124 valence electrons. The predicted octanol–water partition coefficient (Wildman–Crippen LogP) is 2.83. The van der Waals surface area contributed by atoms with Gasteiger partial charge in [-0.15, -0.1) is 0 Å². The first-order valence-electron chi connectivity index (χ1n) is 8.23. The van der Waals surface area contributed by atoms with Crippen LogP contribution in [0.1, 0.15) is 18.2 Å². The highest BCUT2D eigenvalue weighted by atomic mass is 15.3. The maximum Gasteiger partial charge on any atom is 0.191 e. The first kappa shape index (κ1) is 16.1. The summed E-state index contributed by atoms with van der Waals surface area (Å²) in [4.78, 5) is 4.73. The average Bonchev–Trinajstić information content (AvgIpc) is 3.02. The number of aryl methyl sites for hydroxylation is 1. The Balaban J connectivity index is 1.74. The van der Waals surface area contributed by atoms with Crippen LogP contribution in [0.25, 0.3) is 10.8 Å². The summed E-state index contributed by atoms with van der Waals surface area (Å²) in [5, 5.41) is 13.3. The van der Waals surface area contributed by atoms with Crippen LogP contribution in [0.4, 0.5) is 0 Å². The molecule has 0 saturated heterocycles. The van der Waals surface area contributed by atoms with Crippen LogP contribution in [-0.2, 0) is 20.1 Å². The largest absolute Gasteiger partial charge is 0.357 e. The second-order valence-corrected chi connectivity index (χ2v) is 5.63. The van der Waals surface area contributed by atoms with Crippen LogP contribution in [-0.4, -0.2) is 22.3 Å². The molecule has 2 aromatic carbocycles. The van der Waals surface area contributed by atoms with Gasteiger partial charge in [-0.3, -0.25) is 4.68 Å². The Kier molecular flexibility index (Phi) is 5.11. The van der Waals surface area contributed by atoms with Crippen molar-refractivity contribution in [3.63, 3.8) is 0 Å². The van der Waals surface area contributed by atoms with E-state index in [1.165, 1.54) is 16.3 Å². The van der Waals surface area contributed by atoms with Crippen molar-refractivity contribution in [2.24, 2.45) is 12.0 Å². The van der Waals surface area contributed by atoms with E-state index >= 15 is 0 Å². The Bertz CT molecular complexity index is 829. The van der Waals surface area contributed by atoms with Gasteiger partial charge in [0.05, 0.1) is 18.8 Å². The SMILES string of the molecule is CCNC(=NCc1cccc2ccccc12)NCc1ccnn1C. The number of fused-ring (bicyclic) bond motifs is 1. The third-order valence-corrected chi connectivity index (χ3v) is 3.99. The zero-order valence-electron chi connectivity index (χ0n) is 14.2. The molecular formula is C19H23N5. The fraction of sp³-hybridized carbons (Fsp3) is 0.263. The summed E-state index contributed by atoms with van der Waals surface area (Å²) >= 11 is 0. The first-order chi connectivity index (χ1) is 11.8. The van der Waals surface area contributed by atoms with Gasteiger partial charge in [0.15, 0.2) is 5.96 Å². The van der Waals surface area contributed by atoms with Crippen molar-refractivity contribution in [2.45, 2.75) is 20.0 Å². The van der Waals surface area contributed by atoms with Crippen LogP contribution < -0.4 is 10.6 Å². The molecule has 24 heavy (non-hydrogen) atoms. The molecule has 3 aromatic rings. The minimum Gasteiger partial charge on any atom is -0.357 e. The molecule has 1 aromatic heterocycles. The van der Waals surface area contributed by atoms with Crippen molar-refractivity contribution in [3.05, 3.63) is 66.0 Å². The fourth-order valence-corrected chi connectivity index (χ4v) is 2.69. The monoisotopic (exact) mass is 321 g/mol. The van der Waals surface area contributed by atoms with Crippen LogP contribution in [0.15, 0.2) is 59.7 Å². The smallest absolute Gasteiger partial charge is 0.191 e. The van der Waals surface area contributed by atoms with Crippen molar-refractivity contribution in [2.75, 3.05) is 6.54 Å². The van der Waals surface area contributed by atoms with Gasteiger partial charge in [-0.05, 0) is 29.3 Å². The van der Waals surface area contributed by atoms with E-state index in [-0.39, 0.29) is 0 Å². The number of benzene rings is 2. The molecule has 0 amide bonds. The van der Waals surface area contributed by atoms with Gasteiger partial charge in [0, 0.05) is 19.8 Å². The summed E-state index contributed by atoms with van der Waals surface area (Å²) in [6, 6.07) is 16.8. The number of guanidine groups is 1. The molecule has 0 aliphatic rings. The van der Waals surface area contributed by atoms with E-state index in [2.05, 4.69) is 65.1 Å². The molecule has 0 spiro atoms. The summed E-state index contributed by atoms with van der Waals surface area (Å²) in [6.45, 7) is 4.23.